The summed E-state index contributed by atoms with van der Waals surface area (Å²) in [5, 5.41) is 11.4. The maximum absolute atomic E-state index is 13.1. The van der Waals surface area contributed by atoms with Gasteiger partial charge in [-0.2, -0.15) is 0 Å². The fourth-order valence-corrected chi connectivity index (χ4v) is 3.54. The topological polar surface area (TPSA) is 43.8 Å². The minimum Gasteiger partial charge on any atom is -0.383 e. The fraction of sp³-hybridized carbons (Fsp3) is 0.350. The molecule has 132 valence electrons. The Kier molecular flexibility index (Phi) is 4.88. The van der Waals surface area contributed by atoms with Crippen molar-refractivity contribution in [2.24, 2.45) is 0 Å². The van der Waals surface area contributed by atoms with E-state index in [1.807, 2.05) is 49.3 Å². The van der Waals surface area contributed by atoms with Crippen molar-refractivity contribution in [3.63, 3.8) is 0 Å². The standard InChI is InChI=1S/C20H23FN2O2/c1-22(2)18-14-23(19(24)15-8-10-17(21)11-9-15)13-12-20(18,25)16-6-4-3-5-7-16/h3-11,18,25H,12-14H2,1-2H3. The van der Waals surface area contributed by atoms with Crippen molar-refractivity contribution in [2.75, 3.05) is 27.2 Å². The molecule has 1 saturated heterocycles. The number of carbonyl (C=O) groups is 1. The molecule has 5 heteroatoms. The lowest BCUT2D eigenvalue weighted by Gasteiger charge is -2.47. The predicted octanol–water partition coefficient (Wildman–Crippen LogP) is 2.49. The molecule has 2 unspecified atom stereocenters. The Morgan fingerprint density at radius 1 is 1.16 bits per heavy atom. The van der Waals surface area contributed by atoms with Gasteiger partial charge in [0.05, 0.1) is 6.04 Å². The molecule has 2 aromatic carbocycles. The summed E-state index contributed by atoms with van der Waals surface area (Å²) in [6.07, 6.45) is 0.451. The zero-order valence-electron chi connectivity index (χ0n) is 14.5. The first-order valence-electron chi connectivity index (χ1n) is 8.41. The molecule has 1 heterocycles. The van der Waals surface area contributed by atoms with E-state index in [1.165, 1.54) is 24.3 Å². The second-order valence-corrected chi connectivity index (χ2v) is 6.78. The molecular weight excluding hydrogens is 319 g/mol. The van der Waals surface area contributed by atoms with Crippen molar-refractivity contribution in [3.8, 4) is 0 Å². The average Bonchev–Trinajstić information content (AvgIpc) is 2.62. The van der Waals surface area contributed by atoms with Crippen molar-refractivity contribution in [1.82, 2.24) is 9.80 Å². The number of aliphatic hydroxyl groups is 1. The molecule has 0 spiro atoms. The molecule has 1 aliphatic rings. The first-order chi connectivity index (χ1) is 11.9. The normalized spacial score (nSPS) is 23.7. The van der Waals surface area contributed by atoms with Crippen LogP contribution in [0.1, 0.15) is 22.3 Å². The van der Waals surface area contributed by atoms with Crippen LogP contribution in [0.15, 0.2) is 54.6 Å². The summed E-state index contributed by atoms with van der Waals surface area (Å²) in [5.41, 5.74) is 0.316. The highest BCUT2D eigenvalue weighted by molar-refractivity contribution is 5.94. The number of rotatable bonds is 3. The Bertz CT molecular complexity index is 733. The first kappa shape index (κ1) is 17.6. The van der Waals surface area contributed by atoms with Crippen molar-refractivity contribution >= 4 is 5.91 Å². The zero-order chi connectivity index (χ0) is 18.0. The van der Waals surface area contributed by atoms with Crippen LogP contribution >= 0.6 is 0 Å². The number of amides is 1. The van der Waals surface area contributed by atoms with Crippen LogP contribution in [0.5, 0.6) is 0 Å². The molecular formula is C20H23FN2O2. The molecule has 0 bridgehead atoms. The van der Waals surface area contributed by atoms with Crippen LogP contribution in [0.2, 0.25) is 0 Å². The summed E-state index contributed by atoms with van der Waals surface area (Å²) < 4.78 is 13.1. The molecule has 4 nitrogen and oxygen atoms in total. The van der Waals surface area contributed by atoms with Gasteiger partial charge in [0.1, 0.15) is 11.4 Å². The van der Waals surface area contributed by atoms with Crippen molar-refractivity contribution in [1.29, 1.82) is 0 Å². The SMILES string of the molecule is CN(C)C1CN(C(=O)c2ccc(F)cc2)CCC1(O)c1ccccc1. The Morgan fingerprint density at radius 2 is 1.80 bits per heavy atom. The molecule has 1 fully saturated rings. The third kappa shape index (κ3) is 3.43. The second-order valence-electron chi connectivity index (χ2n) is 6.78. The van der Waals surface area contributed by atoms with Crippen molar-refractivity contribution in [3.05, 3.63) is 71.5 Å². The lowest BCUT2D eigenvalue weighted by Crippen LogP contribution is -2.60. The van der Waals surface area contributed by atoms with Gasteiger partial charge in [0.15, 0.2) is 0 Å². The van der Waals surface area contributed by atoms with E-state index in [2.05, 4.69) is 0 Å². The summed E-state index contributed by atoms with van der Waals surface area (Å²) in [7, 11) is 3.81. The van der Waals surface area contributed by atoms with Gasteiger partial charge in [-0.1, -0.05) is 30.3 Å². The molecule has 0 aliphatic carbocycles. The number of likely N-dealkylation sites (N-methyl/N-ethyl adjacent to an activating group) is 1. The number of carbonyl (C=O) groups excluding carboxylic acids is 1. The molecule has 2 atom stereocenters. The Balaban J connectivity index is 1.84. The number of hydrogen-bond donors (Lipinski definition) is 1. The van der Waals surface area contributed by atoms with E-state index in [4.69, 9.17) is 0 Å². The largest absolute Gasteiger partial charge is 0.383 e. The number of halogens is 1. The van der Waals surface area contributed by atoms with E-state index in [0.29, 0.717) is 25.1 Å². The molecule has 1 aliphatic heterocycles. The van der Waals surface area contributed by atoms with Gasteiger partial charge in [-0.25, -0.2) is 4.39 Å². The van der Waals surface area contributed by atoms with Crippen molar-refractivity contribution in [2.45, 2.75) is 18.1 Å². The van der Waals surface area contributed by atoms with E-state index in [-0.39, 0.29) is 17.8 Å². The second kappa shape index (κ2) is 6.94. The third-order valence-corrected chi connectivity index (χ3v) is 4.98. The Morgan fingerprint density at radius 3 is 2.40 bits per heavy atom. The quantitative estimate of drug-likeness (QED) is 0.932. The van der Waals surface area contributed by atoms with E-state index in [0.717, 1.165) is 5.56 Å². The molecule has 25 heavy (non-hydrogen) atoms. The monoisotopic (exact) mass is 342 g/mol. The smallest absolute Gasteiger partial charge is 0.253 e. The lowest BCUT2D eigenvalue weighted by atomic mass is 9.79. The van der Waals surface area contributed by atoms with E-state index >= 15 is 0 Å². The van der Waals surface area contributed by atoms with E-state index in [1.54, 1.807) is 4.90 Å². The van der Waals surface area contributed by atoms with Gasteiger partial charge in [0, 0.05) is 18.7 Å². The van der Waals surface area contributed by atoms with Gasteiger partial charge < -0.3 is 14.9 Å². The number of hydrogen-bond acceptors (Lipinski definition) is 3. The molecule has 0 aromatic heterocycles. The summed E-state index contributed by atoms with van der Waals surface area (Å²) in [4.78, 5) is 16.4. The fourth-order valence-electron chi connectivity index (χ4n) is 3.54. The molecule has 3 rings (SSSR count). The van der Waals surface area contributed by atoms with Gasteiger partial charge in [-0.05, 0) is 50.3 Å². The highest BCUT2D eigenvalue weighted by Crippen LogP contribution is 2.35. The lowest BCUT2D eigenvalue weighted by molar-refractivity contribution is -0.0810. The van der Waals surface area contributed by atoms with Gasteiger partial charge in [0.25, 0.3) is 5.91 Å². The van der Waals surface area contributed by atoms with E-state index < -0.39 is 5.60 Å². The van der Waals surface area contributed by atoms with Crippen LogP contribution < -0.4 is 0 Å². The zero-order valence-corrected chi connectivity index (χ0v) is 14.5. The number of piperidine rings is 1. The summed E-state index contributed by atoms with van der Waals surface area (Å²) in [5.74, 6) is -0.498. The average molecular weight is 342 g/mol. The van der Waals surface area contributed by atoms with Gasteiger partial charge in [-0.3, -0.25) is 4.79 Å². The summed E-state index contributed by atoms with van der Waals surface area (Å²) in [6.45, 7) is 0.862. The van der Waals surface area contributed by atoms with Crippen LogP contribution in [-0.4, -0.2) is 54.0 Å². The minimum absolute atomic E-state index is 0.137. The summed E-state index contributed by atoms with van der Waals surface area (Å²) in [6, 6.07) is 15.0. The highest BCUT2D eigenvalue weighted by Gasteiger charge is 2.45. The van der Waals surface area contributed by atoms with E-state index in [9.17, 15) is 14.3 Å². The molecule has 1 amide bonds. The van der Waals surface area contributed by atoms with Gasteiger partial charge in [-0.15, -0.1) is 0 Å². The number of likely N-dealkylation sites (tertiary alicyclic amines) is 1. The first-order valence-corrected chi connectivity index (χ1v) is 8.41. The van der Waals surface area contributed by atoms with Crippen LogP contribution in [0.25, 0.3) is 0 Å². The highest BCUT2D eigenvalue weighted by atomic mass is 19.1. The van der Waals surface area contributed by atoms with Crippen LogP contribution in [0.3, 0.4) is 0 Å². The number of benzene rings is 2. The van der Waals surface area contributed by atoms with Crippen LogP contribution in [0, 0.1) is 5.82 Å². The molecule has 0 radical (unpaired) electrons. The Hall–Kier alpha value is -2.24. The van der Waals surface area contributed by atoms with Crippen LogP contribution in [-0.2, 0) is 5.60 Å². The minimum atomic E-state index is -1.01. The molecule has 2 aromatic rings. The maximum atomic E-state index is 13.1. The van der Waals surface area contributed by atoms with Gasteiger partial charge >= 0.3 is 0 Å². The maximum Gasteiger partial charge on any atom is 0.253 e. The summed E-state index contributed by atoms with van der Waals surface area (Å²) >= 11 is 0. The van der Waals surface area contributed by atoms with Crippen molar-refractivity contribution < 1.29 is 14.3 Å². The third-order valence-electron chi connectivity index (χ3n) is 4.98. The predicted molar refractivity (Wildman–Crippen MR) is 94.7 cm³/mol. The molecule has 0 saturated carbocycles. The Labute approximate surface area is 147 Å². The van der Waals surface area contributed by atoms with Gasteiger partial charge in [0.2, 0.25) is 0 Å². The van der Waals surface area contributed by atoms with Crippen LogP contribution in [0.4, 0.5) is 4.39 Å². The number of nitrogens with zero attached hydrogens (tertiary/aromatic N) is 2. The molecule has 1 N–H and O–H groups in total.